The summed E-state index contributed by atoms with van der Waals surface area (Å²) in [5, 5.41) is 10.8. The lowest BCUT2D eigenvalue weighted by Crippen LogP contribution is -2.19. The highest BCUT2D eigenvalue weighted by Crippen LogP contribution is 2.17. The number of ether oxygens (including phenoxy) is 1. The van der Waals surface area contributed by atoms with E-state index in [9.17, 15) is 4.79 Å². The Morgan fingerprint density at radius 3 is 2.80 bits per heavy atom. The van der Waals surface area contributed by atoms with E-state index in [-0.39, 0.29) is 5.69 Å². The molecule has 0 bridgehead atoms. The summed E-state index contributed by atoms with van der Waals surface area (Å²) in [4.78, 5) is 12.2. The van der Waals surface area contributed by atoms with Gasteiger partial charge >= 0.3 is 0 Å². The number of rotatable bonds is 6. The molecule has 128 valence electrons. The normalized spacial score (nSPS) is 11.4. The summed E-state index contributed by atoms with van der Waals surface area (Å²) >= 11 is 0. The van der Waals surface area contributed by atoms with Crippen LogP contribution in [0, 0.1) is 0 Å². The minimum atomic E-state index is -0.403. The van der Waals surface area contributed by atoms with E-state index < -0.39 is 5.91 Å². The Balaban J connectivity index is 1.65. The number of carbonyl (C=O) groups is 1. The maximum atomic E-state index is 12.2. The van der Waals surface area contributed by atoms with Crippen molar-refractivity contribution in [3.05, 3.63) is 60.0 Å². The zero-order valence-electron chi connectivity index (χ0n) is 13.9. The van der Waals surface area contributed by atoms with Gasteiger partial charge in [-0.15, -0.1) is 0 Å². The average molecular weight is 338 g/mol. The molecule has 0 aliphatic heterocycles. The molecule has 0 atom stereocenters. The van der Waals surface area contributed by atoms with E-state index >= 15 is 0 Å². The maximum Gasteiger partial charge on any atom is 0.291 e. The zero-order valence-corrected chi connectivity index (χ0v) is 13.9. The maximum absolute atomic E-state index is 12.2. The van der Waals surface area contributed by atoms with Crippen LogP contribution >= 0.6 is 0 Å². The van der Waals surface area contributed by atoms with Crippen molar-refractivity contribution in [2.75, 3.05) is 6.61 Å². The fourth-order valence-corrected chi connectivity index (χ4v) is 2.21. The number of hydrogen-bond acceptors (Lipinski definition) is 5. The Labute approximate surface area is 144 Å². The fraction of sp³-hybridized carbons (Fsp3) is 0.167. The molecular formula is C18H18N4O3. The van der Waals surface area contributed by atoms with Crippen LogP contribution in [0.4, 0.5) is 0 Å². The number of hydrazone groups is 1. The summed E-state index contributed by atoms with van der Waals surface area (Å²) < 4.78 is 10.7. The summed E-state index contributed by atoms with van der Waals surface area (Å²) in [5.74, 6) is 1.00. The first-order valence-electron chi connectivity index (χ1n) is 7.84. The number of amides is 1. The van der Waals surface area contributed by atoms with Gasteiger partial charge in [-0.3, -0.25) is 9.89 Å². The van der Waals surface area contributed by atoms with Gasteiger partial charge in [0.25, 0.3) is 5.91 Å². The molecule has 1 amide bonds. The second-order valence-electron chi connectivity index (χ2n) is 5.24. The summed E-state index contributed by atoms with van der Waals surface area (Å²) in [6, 6.07) is 12.7. The summed E-state index contributed by atoms with van der Waals surface area (Å²) in [7, 11) is 0. The molecule has 3 aromatic rings. The highest BCUT2D eigenvalue weighted by atomic mass is 16.5. The van der Waals surface area contributed by atoms with Gasteiger partial charge in [-0.1, -0.05) is 0 Å². The van der Waals surface area contributed by atoms with E-state index in [2.05, 4.69) is 20.7 Å². The van der Waals surface area contributed by atoms with Gasteiger partial charge in [0.15, 0.2) is 11.5 Å². The van der Waals surface area contributed by atoms with Crippen molar-refractivity contribution in [3.63, 3.8) is 0 Å². The van der Waals surface area contributed by atoms with Gasteiger partial charge < -0.3 is 9.15 Å². The van der Waals surface area contributed by atoms with Gasteiger partial charge in [-0.2, -0.15) is 10.2 Å². The molecule has 1 aromatic carbocycles. The number of aromatic amines is 1. The van der Waals surface area contributed by atoms with Crippen LogP contribution in [0.15, 0.2) is 58.2 Å². The van der Waals surface area contributed by atoms with Crippen LogP contribution in [0.2, 0.25) is 0 Å². The van der Waals surface area contributed by atoms with E-state index in [0.717, 1.165) is 11.3 Å². The first-order valence-corrected chi connectivity index (χ1v) is 7.84. The van der Waals surface area contributed by atoms with Gasteiger partial charge in [0.1, 0.15) is 11.4 Å². The smallest absolute Gasteiger partial charge is 0.291 e. The van der Waals surface area contributed by atoms with E-state index in [1.165, 1.54) is 0 Å². The predicted octanol–water partition coefficient (Wildman–Crippen LogP) is 3.22. The zero-order chi connectivity index (χ0) is 17.6. The Kier molecular flexibility index (Phi) is 4.94. The minimum absolute atomic E-state index is 0.231. The van der Waals surface area contributed by atoms with Crippen molar-refractivity contribution in [1.29, 1.82) is 0 Å². The molecule has 0 unspecified atom stereocenters. The predicted molar refractivity (Wildman–Crippen MR) is 93.6 cm³/mol. The van der Waals surface area contributed by atoms with Crippen molar-refractivity contribution in [2.24, 2.45) is 5.10 Å². The molecule has 7 nitrogen and oxygen atoms in total. The first-order chi connectivity index (χ1) is 12.2. The van der Waals surface area contributed by atoms with Gasteiger partial charge in [0, 0.05) is 6.07 Å². The number of carbonyl (C=O) groups excluding carboxylic acids is 1. The van der Waals surface area contributed by atoms with Crippen molar-refractivity contribution >= 4 is 11.6 Å². The SMILES string of the molecule is CCOc1ccc(/C(C)=N/NC(=O)c2cc(-c3ccco3)[nH]n2)cc1. The second kappa shape index (κ2) is 7.48. The van der Waals surface area contributed by atoms with Crippen LogP contribution in [0.5, 0.6) is 5.75 Å². The Bertz CT molecular complexity index is 864. The quantitative estimate of drug-likeness (QED) is 0.533. The number of H-pyrrole nitrogens is 1. The summed E-state index contributed by atoms with van der Waals surface area (Å²) in [5.41, 5.74) is 4.93. The Hall–Kier alpha value is -3.35. The topological polar surface area (TPSA) is 92.5 Å². The molecule has 0 spiro atoms. The number of nitrogens with one attached hydrogen (secondary N) is 2. The second-order valence-corrected chi connectivity index (χ2v) is 5.24. The van der Waals surface area contributed by atoms with Crippen LogP contribution < -0.4 is 10.2 Å². The van der Waals surface area contributed by atoms with Crippen LogP contribution in [0.3, 0.4) is 0 Å². The molecular weight excluding hydrogens is 320 g/mol. The highest BCUT2D eigenvalue weighted by Gasteiger charge is 2.12. The lowest BCUT2D eigenvalue weighted by atomic mass is 10.1. The number of benzene rings is 1. The molecule has 3 rings (SSSR count). The number of nitrogens with zero attached hydrogens (tertiary/aromatic N) is 2. The van der Waals surface area contributed by atoms with Crippen molar-refractivity contribution in [3.8, 4) is 17.2 Å². The third-order valence-electron chi connectivity index (χ3n) is 3.51. The molecule has 2 heterocycles. The molecule has 0 saturated carbocycles. The lowest BCUT2D eigenvalue weighted by molar-refractivity contribution is 0.0950. The first kappa shape index (κ1) is 16.5. The third-order valence-corrected chi connectivity index (χ3v) is 3.51. The largest absolute Gasteiger partial charge is 0.494 e. The lowest BCUT2D eigenvalue weighted by Gasteiger charge is -2.05. The molecule has 0 aliphatic carbocycles. The Morgan fingerprint density at radius 1 is 1.32 bits per heavy atom. The van der Waals surface area contributed by atoms with Crippen LogP contribution in [0.25, 0.3) is 11.5 Å². The number of furan rings is 1. The van der Waals surface area contributed by atoms with Crippen LogP contribution in [-0.2, 0) is 0 Å². The highest BCUT2D eigenvalue weighted by molar-refractivity contribution is 6.00. The summed E-state index contributed by atoms with van der Waals surface area (Å²) in [6.45, 7) is 4.36. The molecule has 0 aliphatic rings. The number of aromatic nitrogens is 2. The van der Waals surface area contributed by atoms with E-state index in [0.29, 0.717) is 23.8 Å². The van der Waals surface area contributed by atoms with Gasteiger partial charge in [0.05, 0.1) is 18.6 Å². The van der Waals surface area contributed by atoms with Gasteiger partial charge in [-0.05, 0) is 55.8 Å². The van der Waals surface area contributed by atoms with Crippen molar-refractivity contribution in [2.45, 2.75) is 13.8 Å². The fourth-order valence-electron chi connectivity index (χ4n) is 2.21. The molecule has 2 N–H and O–H groups in total. The minimum Gasteiger partial charge on any atom is -0.494 e. The molecule has 25 heavy (non-hydrogen) atoms. The van der Waals surface area contributed by atoms with Crippen LogP contribution in [0.1, 0.15) is 29.9 Å². The van der Waals surface area contributed by atoms with E-state index in [1.807, 2.05) is 38.1 Å². The summed E-state index contributed by atoms with van der Waals surface area (Å²) in [6.07, 6.45) is 1.56. The van der Waals surface area contributed by atoms with Crippen molar-refractivity contribution < 1.29 is 13.9 Å². The monoisotopic (exact) mass is 338 g/mol. The average Bonchev–Trinajstić information content (AvgIpc) is 3.31. The van der Waals surface area contributed by atoms with Crippen LogP contribution in [-0.4, -0.2) is 28.4 Å². The Morgan fingerprint density at radius 2 is 2.12 bits per heavy atom. The molecule has 0 radical (unpaired) electrons. The van der Waals surface area contributed by atoms with Gasteiger partial charge in [-0.25, -0.2) is 5.43 Å². The standard InChI is InChI=1S/C18H18N4O3/c1-3-24-14-8-6-13(7-9-14)12(2)19-22-18(23)16-11-15(20-21-16)17-5-4-10-25-17/h4-11H,3H2,1-2H3,(H,20,21)(H,22,23)/b19-12+. The van der Waals surface area contributed by atoms with E-state index in [1.54, 1.807) is 24.5 Å². The third kappa shape index (κ3) is 3.95. The molecule has 7 heteroatoms. The molecule has 0 saturated heterocycles. The van der Waals surface area contributed by atoms with Gasteiger partial charge in [0.2, 0.25) is 0 Å². The van der Waals surface area contributed by atoms with Crippen molar-refractivity contribution in [1.82, 2.24) is 15.6 Å². The molecule has 2 aromatic heterocycles. The van der Waals surface area contributed by atoms with E-state index in [4.69, 9.17) is 9.15 Å². The number of hydrogen-bond donors (Lipinski definition) is 2. The molecule has 0 fully saturated rings.